The van der Waals surface area contributed by atoms with Gasteiger partial charge in [-0.3, -0.25) is 62.3 Å². The molecular formula is C73H83F2N13O15. The monoisotopic (exact) mass is 1420 g/mol. The Bertz CT molecular complexity index is 4330. The third-order valence-corrected chi connectivity index (χ3v) is 18.8. The lowest BCUT2D eigenvalue weighted by molar-refractivity contribution is -0.148. The highest BCUT2D eigenvalue weighted by Gasteiger charge is 2.49. The molecular weight excluding hydrogens is 1340 g/mol. The number of primary amides is 1. The molecule has 9 atom stereocenters. The Labute approximate surface area is 589 Å². The van der Waals surface area contributed by atoms with Crippen molar-refractivity contribution in [2.75, 3.05) is 13.1 Å². The van der Waals surface area contributed by atoms with Crippen LogP contribution in [0.5, 0.6) is 5.75 Å². The van der Waals surface area contributed by atoms with Gasteiger partial charge in [0, 0.05) is 111 Å². The van der Waals surface area contributed by atoms with Crippen LogP contribution in [0.3, 0.4) is 0 Å². The van der Waals surface area contributed by atoms with Crippen LogP contribution in [0.1, 0.15) is 112 Å². The maximum Gasteiger partial charge on any atom is 0.304 e. The molecule has 0 radical (unpaired) electrons. The van der Waals surface area contributed by atoms with Gasteiger partial charge in [-0.05, 0) is 129 Å². The van der Waals surface area contributed by atoms with E-state index in [1.54, 1.807) is 24.3 Å². The van der Waals surface area contributed by atoms with Crippen molar-refractivity contribution in [3.63, 3.8) is 0 Å². The lowest BCUT2D eigenvalue weighted by Crippen LogP contribution is -2.60. The Morgan fingerprint density at radius 2 is 1.27 bits per heavy atom. The van der Waals surface area contributed by atoms with Gasteiger partial charge in [-0.15, -0.1) is 0 Å². The number of fused-ring (bicyclic) bond motifs is 35. The molecule has 103 heavy (non-hydrogen) atoms. The number of aromatic nitrogens is 4. The Hall–Kier alpha value is -11.5. The Morgan fingerprint density at radius 3 is 1.88 bits per heavy atom. The van der Waals surface area contributed by atoms with E-state index in [0.29, 0.717) is 46.0 Å². The molecule has 3 aromatic heterocycles. The zero-order valence-electron chi connectivity index (χ0n) is 57.0. The second-order valence-corrected chi connectivity index (χ2v) is 26.6. The first-order valence-electron chi connectivity index (χ1n) is 33.9. The fourth-order valence-corrected chi connectivity index (χ4v) is 13.1. The smallest absolute Gasteiger partial charge is 0.304 e. The highest BCUT2D eigenvalue weighted by Crippen LogP contribution is 2.34. The van der Waals surface area contributed by atoms with Gasteiger partial charge in [-0.25, -0.2) is 13.8 Å². The molecule has 30 heteroatoms. The zero-order chi connectivity index (χ0) is 74.2. The highest BCUT2D eigenvalue weighted by molar-refractivity contribution is 6.01. The first kappa shape index (κ1) is 75.7. The molecule has 3 aliphatic heterocycles. The number of Topliss-reactive ketones (excluding diaryl/α,β-unsaturated/α-hetero) is 3. The number of aromatic amines is 3. The summed E-state index contributed by atoms with van der Waals surface area (Å²) >= 11 is 0. The molecule has 10 rings (SSSR count). The molecule has 3 aliphatic rings. The van der Waals surface area contributed by atoms with Crippen molar-refractivity contribution in [2.24, 2.45) is 17.6 Å². The number of nitrogens with two attached hydrogens (primary N) is 1. The van der Waals surface area contributed by atoms with E-state index < -0.39 is 175 Å². The van der Waals surface area contributed by atoms with Crippen molar-refractivity contribution in [3.05, 3.63) is 155 Å². The first-order valence-corrected chi connectivity index (χ1v) is 33.9. The number of nitrogens with one attached hydrogen (secondary N) is 10. The van der Waals surface area contributed by atoms with E-state index in [1.807, 2.05) is 0 Å². The molecule has 9 amide bonds. The van der Waals surface area contributed by atoms with Crippen molar-refractivity contribution in [1.82, 2.24) is 62.1 Å². The number of hydrogen-bond donors (Lipinski definition) is 13. The standard InChI is InChI=1S/C73H83F2N13O15/c1-39-67(98)80-37-64(94)84-61(27-47-35-79-56-21-16-49(75)32-54(47)56)70(101)86-58(26-46-34-78-55-20-15-48(74)31-53(46)55)62(92)28-44(30-65(95)96)68(99)85-59(33-50-36-77-38-81-50)63(93)29-45(24-42-13-18-52(91)19-14-42)71(102)88-23-5-22-73(88,3)72(103)87-60(66(76)97)25-43-10-8-41(9-11-43)12-17-51(90)6-4-7-57(69(100)82-39)83-40(2)89/h8-11,13-16,18-21,31-32,34-36,38-39,44-45,57-61,78-79,91H,4-7,12,17,22-30,33,37H2,1-3H3,(H2,76,97)(H,77,81)(H,80,98)(H,82,100)(H,83,89)(H,84,94)(H,85,99)(H,86,101)(H,87,103)(H,95,96)/t39-,44-,45+,57-,58-,59-,60-,61-,73-/m0/s1. The third-order valence-electron chi connectivity index (χ3n) is 18.8. The first-order chi connectivity index (χ1) is 49.1. The minimum atomic E-state index is -1.80. The lowest BCUT2D eigenvalue weighted by Gasteiger charge is -2.37. The molecule has 0 spiro atoms. The van der Waals surface area contributed by atoms with Gasteiger partial charge < -0.3 is 73.0 Å². The fraction of sp³-hybridized carbons (Fsp3) is 0.397. The minimum absolute atomic E-state index is 0.0125. The van der Waals surface area contributed by atoms with E-state index in [4.69, 9.17) is 5.73 Å². The van der Waals surface area contributed by atoms with E-state index in [-0.39, 0.29) is 86.1 Å². The zero-order valence-corrected chi connectivity index (χ0v) is 57.0. The Kier molecular flexibility index (Phi) is 25.2. The number of aliphatic carboxylic acids is 1. The summed E-state index contributed by atoms with van der Waals surface area (Å²) < 4.78 is 29.8. The van der Waals surface area contributed by atoms with Gasteiger partial charge in [0.15, 0.2) is 11.6 Å². The Morgan fingerprint density at radius 1 is 0.660 bits per heavy atom. The van der Waals surface area contributed by atoms with E-state index in [2.05, 4.69) is 57.2 Å². The number of nitrogens with zero attached hydrogens (tertiary/aromatic N) is 2. The number of hydrogen-bond acceptors (Lipinski definition) is 15. The number of halogens is 2. The largest absolute Gasteiger partial charge is 0.508 e. The van der Waals surface area contributed by atoms with Crippen LogP contribution in [0.25, 0.3) is 21.8 Å². The number of benzene rings is 4. The number of H-pyrrole nitrogens is 3. The number of carbonyl (C=O) groups is 13. The van der Waals surface area contributed by atoms with Crippen molar-refractivity contribution in [3.8, 4) is 5.75 Å². The number of amides is 9. The van der Waals surface area contributed by atoms with Crippen molar-refractivity contribution in [1.29, 1.82) is 0 Å². The van der Waals surface area contributed by atoms with Crippen LogP contribution in [-0.2, 0) is 101 Å². The number of rotatable bonds is 12. The van der Waals surface area contributed by atoms with Gasteiger partial charge >= 0.3 is 5.97 Å². The van der Waals surface area contributed by atoms with Gasteiger partial charge in [-0.2, -0.15) is 0 Å². The van der Waals surface area contributed by atoms with E-state index in [1.165, 1.54) is 111 Å². The molecule has 544 valence electrons. The summed E-state index contributed by atoms with van der Waals surface area (Å²) in [6, 6.07) is 11.5. The number of imidazole rings is 1. The number of carbonyl (C=O) groups excluding carboxylic acids is 12. The molecule has 4 aromatic carbocycles. The van der Waals surface area contributed by atoms with Crippen LogP contribution in [0.2, 0.25) is 0 Å². The molecule has 2 bridgehead atoms. The molecule has 14 N–H and O–H groups in total. The number of ketones is 3. The van der Waals surface area contributed by atoms with Crippen LogP contribution in [0, 0.1) is 23.5 Å². The van der Waals surface area contributed by atoms with E-state index in [9.17, 15) is 62.1 Å². The average molecular weight is 1420 g/mol. The molecule has 28 nitrogen and oxygen atoms in total. The molecule has 0 unspecified atom stereocenters. The summed E-state index contributed by atoms with van der Waals surface area (Å²) in [4.78, 5) is 197. The highest BCUT2D eigenvalue weighted by atomic mass is 19.1. The second-order valence-electron chi connectivity index (χ2n) is 26.6. The maximum absolute atomic E-state index is 15.3. The summed E-state index contributed by atoms with van der Waals surface area (Å²) in [5.74, 6) is -15.7. The van der Waals surface area contributed by atoms with Crippen molar-refractivity contribution < 1.29 is 81.3 Å². The van der Waals surface area contributed by atoms with Crippen LogP contribution in [0.4, 0.5) is 8.78 Å². The lowest BCUT2D eigenvalue weighted by atomic mass is 9.87. The van der Waals surface area contributed by atoms with E-state index in [0.717, 1.165) is 5.56 Å². The number of aryl methyl sites for hydroxylation is 1. The average Bonchev–Trinajstić information content (AvgIpc) is 1.69. The van der Waals surface area contributed by atoms with Crippen LogP contribution in [-0.4, -0.2) is 166 Å². The predicted molar refractivity (Wildman–Crippen MR) is 368 cm³/mol. The quantitative estimate of drug-likeness (QED) is 0.0782. The molecule has 1 saturated heterocycles. The molecule has 1 fully saturated rings. The van der Waals surface area contributed by atoms with Gasteiger partial charge in [0.2, 0.25) is 53.2 Å². The second kappa shape index (κ2) is 34.3. The van der Waals surface area contributed by atoms with Crippen molar-refractivity contribution >= 4 is 98.3 Å². The Balaban J connectivity index is 1.06. The van der Waals surface area contributed by atoms with Crippen molar-refractivity contribution in [2.45, 2.75) is 159 Å². The SMILES string of the molecule is CC(=O)N[C@H]1CCCC(=O)CCc2ccc(cc2)C[C@@H](C(N)=O)NC(=O)[C@]2(C)CCCN2C(=O)[C@H](Cc2ccc(O)cc2)CC(=O)[C@H](Cc2c[nH]cn2)NC(=O)[C@H](CC(=O)O)CC(=O)[C@H](Cc2c[nH]c3ccc(F)cc23)NC(=O)[C@H](Cc2c[nH]c3ccc(F)cc23)NC(=O)CNC(=O)[C@H](C)NC1=O. The van der Waals surface area contributed by atoms with Crippen LogP contribution >= 0.6 is 0 Å². The number of phenols is 1. The normalized spacial score (nSPS) is 23.4. The number of aromatic hydroxyl groups is 1. The summed E-state index contributed by atoms with van der Waals surface area (Å²) in [7, 11) is 0. The van der Waals surface area contributed by atoms with Gasteiger partial charge in [-0.1, -0.05) is 36.4 Å². The summed E-state index contributed by atoms with van der Waals surface area (Å²) in [6.45, 7) is 3.22. The van der Waals surface area contributed by atoms with Gasteiger partial charge in [0.05, 0.1) is 43.0 Å². The molecule has 6 heterocycles. The third kappa shape index (κ3) is 20.4. The van der Waals surface area contributed by atoms with Crippen LogP contribution < -0.4 is 43.0 Å². The van der Waals surface area contributed by atoms with Gasteiger partial charge in [0.25, 0.3) is 0 Å². The summed E-state index contributed by atoms with van der Waals surface area (Å²) in [5, 5.41) is 39.2. The van der Waals surface area contributed by atoms with Crippen LogP contribution in [0.15, 0.2) is 110 Å². The molecule has 0 aliphatic carbocycles. The summed E-state index contributed by atoms with van der Waals surface area (Å²) in [6.07, 6.45) is 2.64. The fourth-order valence-electron chi connectivity index (χ4n) is 13.1. The molecule has 0 saturated carbocycles. The maximum atomic E-state index is 15.3. The molecule has 7 aromatic rings. The predicted octanol–water partition coefficient (Wildman–Crippen LogP) is 3.11. The van der Waals surface area contributed by atoms with Gasteiger partial charge in [0.1, 0.15) is 52.9 Å². The number of phenolic OH excluding ortho intramolecular Hbond substituents is 1. The number of carboxylic acids is 1. The number of carboxylic acid groups (broad SMARTS) is 1. The summed E-state index contributed by atoms with van der Waals surface area (Å²) in [5.41, 5.74) is 7.73. The topological polar surface area (TPSA) is 436 Å². The minimum Gasteiger partial charge on any atom is -0.508 e. The van der Waals surface area contributed by atoms with E-state index >= 15 is 19.2 Å².